The zero-order valence-corrected chi connectivity index (χ0v) is 13.5. The summed E-state index contributed by atoms with van der Waals surface area (Å²) in [6, 6.07) is 6.94. The molecule has 1 aliphatic rings. The number of nitrogens with one attached hydrogen (secondary N) is 2. The Hall–Kier alpha value is -2.89. The molecule has 0 spiro atoms. The van der Waals surface area contributed by atoms with Crippen LogP contribution >= 0.6 is 0 Å². The Labute approximate surface area is 140 Å². The topological polar surface area (TPSA) is 84.5 Å². The van der Waals surface area contributed by atoms with Gasteiger partial charge in [0, 0.05) is 12.1 Å². The summed E-state index contributed by atoms with van der Waals surface area (Å²) < 4.78 is 4.83. The van der Waals surface area contributed by atoms with E-state index in [0.717, 1.165) is 12.8 Å². The average Bonchev–Trinajstić information content (AvgIpc) is 3.37. The number of carbonyl (C=O) groups excluding carboxylic acids is 3. The van der Waals surface area contributed by atoms with Gasteiger partial charge in [-0.2, -0.15) is 0 Å². The number of para-hydroxylation sites is 1. The van der Waals surface area contributed by atoms with Crippen LogP contribution in [0.3, 0.4) is 0 Å². The molecule has 1 saturated carbocycles. The molecule has 24 heavy (non-hydrogen) atoms. The molecule has 0 aliphatic heterocycles. The van der Waals surface area contributed by atoms with Crippen molar-refractivity contribution < 1.29 is 19.1 Å². The third kappa shape index (κ3) is 5.72. The van der Waals surface area contributed by atoms with E-state index < -0.39 is 18.5 Å². The summed E-state index contributed by atoms with van der Waals surface area (Å²) in [5, 5.41) is 5.46. The minimum Gasteiger partial charge on any atom is -0.452 e. The molecular weight excluding hydrogens is 308 g/mol. The van der Waals surface area contributed by atoms with Crippen LogP contribution in [0.1, 0.15) is 30.1 Å². The standard InChI is InChI=1S/C18H20N2O4/c1-2-3-4-9-17(22)24-12-16(21)20-15-8-6-5-7-14(15)18(23)19-13-10-11-13/h2-9,13H,10-12H2,1H3,(H,19,23)(H,20,21)/b3-2+,9-4+. The molecule has 0 radical (unpaired) electrons. The number of hydrogen-bond donors (Lipinski definition) is 2. The second kappa shape index (κ2) is 8.67. The Morgan fingerprint density at radius 1 is 1.21 bits per heavy atom. The van der Waals surface area contributed by atoms with E-state index in [1.165, 1.54) is 12.2 Å². The molecule has 1 aromatic rings. The molecule has 0 atom stereocenters. The van der Waals surface area contributed by atoms with Crippen LogP contribution in [0.4, 0.5) is 5.69 Å². The van der Waals surface area contributed by atoms with Crippen molar-refractivity contribution in [1.82, 2.24) is 5.32 Å². The summed E-state index contributed by atoms with van der Waals surface area (Å²) in [4.78, 5) is 35.4. The first-order valence-electron chi connectivity index (χ1n) is 7.76. The molecule has 1 aliphatic carbocycles. The highest BCUT2D eigenvalue weighted by Gasteiger charge is 2.25. The van der Waals surface area contributed by atoms with Gasteiger partial charge in [0.2, 0.25) is 0 Å². The van der Waals surface area contributed by atoms with Crippen LogP contribution in [0.2, 0.25) is 0 Å². The normalized spacial score (nSPS) is 13.9. The number of benzene rings is 1. The lowest BCUT2D eigenvalue weighted by molar-refractivity contribution is -0.142. The van der Waals surface area contributed by atoms with Gasteiger partial charge in [0.05, 0.1) is 11.3 Å². The van der Waals surface area contributed by atoms with Crippen LogP contribution in [0.25, 0.3) is 0 Å². The SMILES string of the molecule is C/C=C/C=C/C(=O)OCC(=O)Nc1ccccc1C(=O)NC1CC1. The van der Waals surface area contributed by atoms with E-state index >= 15 is 0 Å². The van der Waals surface area contributed by atoms with Gasteiger partial charge in [-0.05, 0) is 31.9 Å². The minimum atomic E-state index is -0.608. The smallest absolute Gasteiger partial charge is 0.331 e. The number of allylic oxidation sites excluding steroid dienone is 3. The zero-order valence-electron chi connectivity index (χ0n) is 13.5. The fourth-order valence-corrected chi connectivity index (χ4v) is 1.90. The van der Waals surface area contributed by atoms with Gasteiger partial charge in [0.15, 0.2) is 6.61 Å². The van der Waals surface area contributed by atoms with Crippen LogP contribution in [-0.4, -0.2) is 30.4 Å². The first-order valence-corrected chi connectivity index (χ1v) is 7.76. The van der Waals surface area contributed by atoms with Gasteiger partial charge in [-0.15, -0.1) is 0 Å². The maximum atomic E-state index is 12.1. The van der Waals surface area contributed by atoms with Gasteiger partial charge >= 0.3 is 5.97 Å². The third-order valence-electron chi connectivity index (χ3n) is 3.24. The van der Waals surface area contributed by atoms with Crippen molar-refractivity contribution in [3.8, 4) is 0 Å². The highest BCUT2D eigenvalue weighted by Crippen LogP contribution is 2.21. The lowest BCUT2D eigenvalue weighted by Gasteiger charge is -2.11. The van der Waals surface area contributed by atoms with Gasteiger partial charge < -0.3 is 15.4 Å². The third-order valence-corrected chi connectivity index (χ3v) is 3.24. The highest BCUT2D eigenvalue weighted by molar-refractivity contribution is 6.04. The van der Waals surface area contributed by atoms with Crippen molar-refractivity contribution in [2.24, 2.45) is 0 Å². The number of amides is 2. The van der Waals surface area contributed by atoms with Gasteiger partial charge in [-0.1, -0.05) is 30.4 Å². The Morgan fingerprint density at radius 2 is 1.96 bits per heavy atom. The van der Waals surface area contributed by atoms with Crippen molar-refractivity contribution in [3.05, 3.63) is 54.1 Å². The minimum absolute atomic E-state index is 0.223. The van der Waals surface area contributed by atoms with E-state index in [4.69, 9.17) is 4.74 Å². The number of carbonyl (C=O) groups is 3. The Kier molecular flexibility index (Phi) is 6.31. The fraction of sp³-hybridized carbons (Fsp3) is 0.278. The second-order valence-electron chi connectivity index (χ2n) is 5.33. The van der Waals surface area contributed by atoms with Crippen molar-refractivity contribution in [3.63, 3.8) is 0 Å². The summed E-state index contributed by atoms with van der Waals surface area (Å²) in [5.41, 5.74) is 0.776. The summed E-state index contributed by atoms with van der Waals surface area (Å²) in [7, 11) is 0. The van der Waals surface area contributed by atoms with Gasteiger partial charge in [-0.3, -0.25) is 9.59 Å². The summed E-state index contributed by atoms with van der Waals surface area (Å²) in [6.07, 6.45) is 8.16. The number of ether oxygens (including phenoxy) is 1. The van der Waals surface area contributed by atoms with Gasteiger partial charge in [0.25, 0.3) is 11.8 Å². The highest BCUT2D eigenvalue weighted by atomic mass is 16.5. The monoisotopic (exact) mass is 328 g/mol. The molecule has 0 aromatic heterocycles. The molecule has 6 heteroatoms. The lowest BCUT2D eigenvalue weighted by atomic mass is 10.1. The summed E-state index contributed by atoms with van der Waals surface area (Å²) in [5.74, 6) is -1.34. The van der Waals surface area contributed by atoms with Crippen molar-refractivity contribution in [2.75, 3.05) is 11.9 Å². The Morgan fingerprint density at radius 3 is 2.67 bits per heavy atom. The first-order chi connectivity index (χ1) is 11.6. The van der Waals surface area contributed by atoms with E-state index in [9.17, 15) is 14.4 Å². The van der Waals surface area contributed by atoms with Gasteiger partial charge in [0.1, 0.15) is 0 Å². The van der Waals surface area contributed by atoms with Crippen LogP contribution in [0.5, 0.6) is 0 Å². The van der Waals surface area contributed by atoms with Crippen LogP contribution < -0.4 is 10.6 Å². The van der Waals surface area contributed by atoms with E-state index in [0.29, 0.717) is 11.3 Å². The zero-order chi connectivity index (χ0) is 17.4. The van der Waals surface area contributed by atoms with Crippen LogP contribution in [0, 0.1) is 0 Å². The van der Waals surface area contributed by atoms with E-state index in [2.05, 4.69) is 10.6 Å². The van der Waals surface area contributed by atoms with Crippen LogP contribution in [-0.2, 0) is 14.3 Å². The maximum Gasteiger partial charge on any atom is 0.331 e. The predicted molar refractivity (Wildman–Crippen MR) is 90.5 cm³/mol. The molecule has 2 amide bonds. The molecule has 0 bridgehead atoms. The molecule has 0 saturated heterocycles. The average molecular weight is 328 g/mol. The van der Waals surface area contributed by atoms with E-state index in [-0.39, 0.29) is 11.9 Å². The molecule has 1 aromatic carbocycles. The maximum absolute atomic E-state index is 12.1. The summed E-state index contributed by atoms with van der Waals surface area (Å²) in [6.45, 7) is 1.40. The molecule has 126 valence electrons. The van der Waals surface area contributed by atoms with Crippen molar-refractivity contribution in [2.45, 2.75) is 25.8 Å². The second-order valence-corrected chi connectivity index (χ2v) is 5.33. The molecule has 6 nitrogen and oxygen atoms in total. The Balaban J connectivity index is 1.89. The summed E-state index contributed by atoms with van der Waals surface area (Å²) >= 11 is 0. The van der Waals surface area contributed by atoms with E-state index in [1.807, 2.05) is 6.92 Å². The number of esters is 1. The molecule has 2 rings (SSSR count). The largest absolute Gasteiger partial charge is 0.452 e. The molecule has 1 fully saturated rings. The van der Waals surface area contributed by atoms with Gasteiger partial charge in [-0.25, -0.2) is 4.79 Å². The quantitative estimate of drug-likeness (QED) is 0.456. The predicted octanol–water partition coefficient (Wildman–Crippen LogP) is 2.19. The molecule has 0 heterocycles. The molecular formula is C18H20N2O4. The van der Waals surface area contributed by atoms with Crippen molar-refractivity contribution >= 4 is 23.5 Å². The number of anilines is 1. The number of hydrogen-bond acceptors (Lipinski definition) is 4. The number of rotatable bonds is 7. The lowest BCUT2D eigenvalue weighted by Crippen LogP contribution is -2.27. The Bertz CT molecular complexity index is 675. The fourth-order valence-electron chi connectivity index (χ4n) is 1.90. The van der Waals surface area contributed by atoms with Crippen LogP contribution in [0.15, 0.2) is 48.6 Å². The molecule has 0 unspecified atom stereocenters. The molecule has 2 N–H and O–H groups in total. The first kappa shape index (κ1) is 17.5. The van der Waals surface area contributed by atoms with E-state index in [1.54, 1.807) is 36.4 Å². The van der Waals surface area contributed by atoms with Crippen molar-refractivity contribution in [1.29, 1.82) is 0 Å².